The molecule has 0 fully saturated rings. The highest BCUT2D eigenvalue weighted by Gasteiger charge is 2.09. The summed E-state index contributed by atoms with van der Waals surface area (Å²) in [5.41, 5.74) is 3.93. The molecule has 1 rings (SSSR count). The number of aryl methyl sites for hydroxylation is 1. The first kappa shape index (κ1) is 15.2. The Bertz CT molecular complexity index is 355. The summed E-state index contributed by atoms with van der Waals surface area (Å²) >= 11 is 0. The van der Waals surface area contributed by atoms with Gasteiger partial charge in [-0.05, 0) is 39.3 Å². The molecule has 0 aliphatic rings. The van der Waals surface area contributed by atoms with Crippen molar-refractivity contribution in [3.05, 3.63) is 23.0 Å². The lowest BCUT2D eigenvalue weighted by Crippen LogP contribution is -2.31. The molecule has 0 saturated carbocycles. The molecule has 0 aliphatic carbocycles. The standard InChI is InChI=1S/C14H26N2O2/c1-6-17-14(18-7-2)10-15-9-13-8-11(3)16(5)12(13)4/h8,14-15H,6-7,9-10H2,1-5H3. The Balaban J connectivity index is 2.42. The molecule has 104 valence electrons. The maximum atomic E-state index is 5.49. The van der Waals surface area contributed by atoms with Crippen molar-refractivity contribution >= 4 is 0 Å². The summed E-state index contributed by atoms with van der Waals surface area (Å²) in [6, 6.07) is 2.22. The van der Waals surface area contributed by atoms with Crippen LogP contribution in [0.1, 0.15) is 30.8 Å². The van der Waals surface area contributed by atoms with Gasteiger partial charge in [-0.25, -0.2) is 0 Å². The molecular formula is C14H26N2O2. The molecule has 0 bridgehead atoms. The second-order valence-electron chi connectivity index (χ2n) is 4.43. The van der Waals surface area contributed by atoms with Crippen LogP contribution in [0.5, 0.6) is 0 Å². The number of nitrogens with one attached hydrogen (secondary N) is 1. The minimum atomic E-state index is -0.148. The molecule has 1 heterocycles. The number of hydrogen-bond donors (Lipinski definition) is 1. The van der Waals surface area contributed by atoms with Crippen molar-refractivity contribution in [2.75, 3.05) is 19.8 Å². The Morgan fingerprint density at radius 1 is 1.22 bits per heavy atom. The molecular weight excluding hydrogens is 228 g/mol. The Kier molecular flexibility index (Phi) is 6.39. The fourth-order valence-corrected chi connectivity index (χ4v) is 1.97. The molecule has 1 aromatic heterocycles. The van der Waals surface area contributed by atoms with Crippen molar-refractivity contribution in [1.82, 2.24) is 9.88 Å². The topological polar surface area (TPSA) is 35.4 Å². The Morgan fingerprint density at radius 3 is 2.28 bits per heavy atom. The van der Waals surface area contributed by atoms with Crippen LogP contribution in [-0.4, -0.2) is 30.6 Å². The average Bonchev–Trinajstić information content (AvgIpc) is 2.58. The van der Waals surface area contributed by atoms with Gasteiger partial charge < -0.3 is 19.4 Å². The van der Waals surface area contributed by atoms with Crippen molar-refractivity contribution in [3.63, 3.8) is 0 Å². The van der Waals surface area contributed by atoms with E-state index in [2.05, 4.69) is 36.8 Å². The summed E-state index contributed by atoms with van der Waals surface area (Å²) < 4.78 is 13.2. The van der Waals surface area contributed by atoms with Crippen LogP contribution in [0.4, 0.5) is 0 Å². The summed E-state index contributed by atoms with van der Waals surface area (Å²) in [7, 11) is 2.09. The van der Waals surface area contributed by atoms with Gasteiger partial charge >= 0.3 is 0 Å². The van der Waals surface area contributed by atoms with Crippen molar-refractivity contribution in [3.8, 4) is 0 Å². The molecule has 0 aliphatic heterocycles. The van der Waals surface area contributed by atoms with Gasteiger partial charge in [0.15, 0.2) is 6.29 Å². The normalized spacial score (nSPS) is 11.4. The number of aromatic nitrogens is 1. The van der Waals surface area contributed by atoms with Crippen molar-refractivity contribution < 1.29 is 9.47 Å². The van der Waals surface area contributed by atoms with E-state index in [4.69, 9.17) is 9.47 Å². The van der Waals surface area contributed by atoms with Crippen molar-refractivity contribution in [1.29, 1.82) is 0 Å². The molecule has 1 N–H and O–H groups in total. The van der Waals surface area contributed by atoms with Crippen LogP contribution in [0, 0.1) is 13.8 Å². The summed E-state index contributed by atoms with van der Waals surface area (Å²) in [5.74, 6) is 0. The van der Waals surface area contributed by atoms with Gasteiger partial charge in [0.1, 0.15) is 0 Å². The van der Waals surface area contributed by atoms with Crippen molar-refractivity contribution in [2.24, 2.45) is 7.05 Å². The van der Waals surface area contributed by atoms with Gasteiger partial charge in [0, 0.05) is 44.7 Å². The third kappa shape index (κ3) is 4.12. The molecule has 0 aromatic carbocycles. The lowest BCUT2D eigenvalue weighted by atomic mass is 10.2. The third-order valence-electron chi connectivity index (χ3n) is 3.21. The highest BCUT2D eigenvalue weighted by atomic mass is 16.7. The van der Waals surface area contributed by atoms with Crippen LogP contribution in [0.3, 0.4) is 0 Å². The van der Waals surface area contributed by atoms with Gasteiger partial charge in [-0.15, -0.1) is 0 Å². The first-order valence-corrected chi connectivity index (χ1v) is 6.65. The Labute approximate surface area is 110 Å². The first-order valence-electron chi connectivity index (χ1n) is 6.65. The van der Waals surface area contributed by atoms with Crippen molar-refractivity contribution in [2.45, 2.75) is 40.5 Å². The maximum Gasteiger partial charge on any atom is 0.169 e. The SMILES string of the molecule is CCOC(CNCc1cc(C)n(C)c1C)OCC. The number of nitrogens with zero attached hydrogens (tertiary/aromatic N) is 1. The van der Waals surface area contributed by atoms with Crippen LogP contribution >= 0.6 is 0 Å². The van der Waals surface area contributed by atoms with Gasteiger partial charge in [-0.2, -0.15) is 0 Å². The zero-order valence-corrected chi connectivity index (χ0v) is 12.2. The summed E-state index contributed by atoms with van der Waals surface area (Å²) in [4.78, 5) is 0. The van der Waals surface area contributed by atoms with Crippen LogP contribution in [-0.2, 0) is 23.1 Å². The Hall–Kier alpha value is -0.840. The van der Waals surface area contributed by atoms with Crippen LogP contribution in [0.2, 0.25) is 0 Å². The molecule has 0 radical (unpaired) electrons. The fourth-order valence-electron chi connectivity index (χ4n) is 1.97. The smallest absolute Gasteiger partial charge is 0.169 e. The molecule has 0 unspecified atom stereocenters. The Morgan fingerprint density at radius 2 is 1.83 bits per heavy atom. The molecule has 4 nitrogen and oxygen atoms in total. The third-order valence-corrected chi connectivity index (χ3v) is 3.21. The lowest BCUT2D eigenvalue weighted by Gasteiger charge is -2.17. The molecule has 0 amide bonds. The second-order valence-corrected chi connectivity index (χ2v) is 4.43. The minimum Gasteiger partial charge on any atom is -0.352 e. The van der Waals surface area contributed by atoms with E-state index in [-0.39, 0.29) is 6.29 Å². The first-order chi connectivity index (χ1) is 8.60. The highest BCUT2D eigenvalue weighted by Crippen LogP contribution is 2.12. The zero-order chi connectivity index (χ0) is 13.5. The number of ether oxygens (including phenoxy) is 2. The molecule has 4 heteroatoms. The highest BCUT2D eigenvalue weighted by molar-refractivity contribution is 5.26. The van der Waals surface area contributed by atoms with E-state index in [1.54, 1.807) is 0 Å². The summed E-state index contributed by atoms with van der Waals surface area (Å²) in [6.07, 6.45) is -0.148. The fraction of sp³-hybridized carbons (Fsp3) is 0.714. The monoisotopic (exact) mass is 254 g/mol. The maximum absolute atomic E-state index is 5.49. The predicted octanol–water partition coefficient (Wildman–Crippen LogP) is 2.13. The lowest BCUT2D eigenvalue weighted by molar-refractivity contribution is -0.133. The average molecular weight is 254 g/mol. The predicted molar refractivity (Wildman–Crippen MR) is 73.6 cm³/mol. The van der Waals surface area contributed by atoms with Gasteiger partial charge in [-0.1, -0.05) is 0 Å². The summed E-state index contributed by atoms with van der Waals surface area (Å²) in [5, 5.41) is 3.39. The molecule has 18 heavy (non-hydrogen) atoms. The van der Waals surface area contributed by atoms with E-state index in [1.807, 2.05) is 13.8 Å². The van der Waals surface area contributed by atoms with E-state index in [9.17, 15) is 0 Å². The molecule has 0 saturated heterocycles. The molecule has 1 aromatic rings. The van der Waals surface area contributed by atoms with Gasteiger partial charge in [0.25, 0.3) is 0 Å². The van der Waals surface area contributed by atoms with E-state index in [0.29, 0.717) is 13.2 Å². The van der Waals surface area contributed by atoms with Gasteiger partial charge in [0.05, 0.1) is 0 Å². The van der Waals surface area contributed by atoms with Crippen LogP contribution in [0.25, 0.3) is 0 Å². The molecule has 0 spiro atoms. The minimum absolute atomic E-state index is 0.148. The number of hydrogen-bond acceptors (Lipinski definition) is 3. The van der Waals surface area contributed by atoms with Gasteiger partial charge in [-0.3, -0.25) is 0 Å². The largest absolute Gasteiger partial charge is 0.352 e. The second kappa shape index (κ2) is 7.56. The number of rotatable bonds is 8. The van der Waals surface area contributed by atoms with E-state index in [1.165, 1.54) is 17.0 Å². The van der Waals surface area contributed by atoms with E-state index >= 15 is 0 Å². The molecule has 0 atom stereocenters. The van der Waals surface area contributed by atoms with E-state index < -0.39 is 0 Å². The van der Waals surface area contributed by atoms with E-state index in [0.717, 1.165) is 13.1 Å². The van der Waals surface area contributed by atoms with Crippen LogP contribution < -0.4 is 5.32 Å². The summed E-state index contributed by atoms with van der Waals surface area (Å²) in [6.45, 7) is 11.2. The quantitative estimate of drug-likeness (QED) is 0.722. The van der Waals surface area contributed by atoms with Crippen LogP contribution in [0.15, 0.2) is 6.07 Å². The zero-order valence-electron chi connectivity index (χ0n) is 12.2. The van der Waals surface area contributed by atoms with Gasteiger partial charge in [0.2, 0.25) is 0 Å².